The van der Waals surface area contributed by atoms with Gasteiger partial charge in [-0.2, -0.15) is 5.10 Å². The zero-order chi connectivity index (χ0) is 16.6. The fourth-order valence-corrected chi connectivity index (χ4v) is 2.70. The number of carboxylic acid groups (broad SMARTS) is 1. The number of halogens is 1. The molecule has 7 heteroatoms. The van der Waals surface area contributed by atoms with Gasteiger partial charge in [0.25, 0.3) is 5.91 Å². The molecule has 2 N–H and O–H groups in total. The van der Waals surface area contributed by atoms with Gasteiger partial charge in [0, 0.05) is 6.04 Å². The van der Waals surface area contributed by atoms with Gasteiger partial charge in [-0.15, -0.1) is 0 Å². The van der Waals surface area contributed by atoms with E-state index in [0.717, 1.165) is 0 Å². The van der Waals surface area contributed by atoms with Gasteiger partial charge >= 0.3 is 5.97 Å². The highest BCUT2D eigenvalue weighted by Gasteiger charge is 2.35. The Hall–Kier alpha value is -2.70. The summed E-state index contributed by atoms with van der Waals surface area (Å²) in [5.74, 6) is -1.96. The maximum atomic E-state index is 13.8. The van der Waals surface area contributed by atoms with Crippen LogP contribution in [0.1, 0.15) is 28.9 Å². The number of nitrogens with one attached hydrogen (secondary N) is 1. The first kappa shape index (κ1) is 15.2. The number of nitrogens with zero attached hydrogens (tertiary/aromatic N) is 2. The number of aliphatic carboxylic acids is 1. The summed E-state index contributed by atoms with van der Waals surface area (Å²) in [5.41, 5.74) is 1.16. The number of carbonyl (C=O) groups is 2. The van der Waals surface area contributed by atoms with Crippen molar-refractivity contribution >= 4 is 11.9 Å². The van der Waals surface area contributed by atoms with Crippen molar-refractivity contribution in [2.75, 3.05) is 0 Å². The lowest BCUT2D eigenvalue weighted by atomic mass is 9.80. The highest BCUT2D eigenvalue weighted by Crippen LogP contribution is 2.28. The fraction of sp³-hybridized carbons (Fsp3) is 0.312. The maximum Gasteiger partial charge on any atom is 0.306 e. The van der Waals surface area contributed by atoms with E-state index in [1.54, 1.807) is 25.1 Å². The zero-order valence-electron chi connectivity index (χ0n) is 12.5. The van der Waals surface area contributed by atoms with Crippen LogP contribution in [0, 0.1) is 18.7 Å². The van der Waals surface area contributed by atoms with Crippen molar-refractivity contribution in [3.05, 3.63) is 47.5 Å². The number of amides is 1. The molecule has 120 valence electrons. The second-order valence-electron chi connectivity index (χ2n) is 5.68. The quantitative estimate of drug-likeness (QED) is 0.902. The van der Waals surface area contributed by atoms with E-state index < -0.39 is 11.8 Å². The smallest absolute Gasteiger partial charge is 0.306 e. The predicted molar refractivity (Wildman–Crippen MR) is 79.9 cm³/mol. The van der Waals surface area contributed by atoms with Crippen molar-refractivity contribution in [2.45, 2.75) is 25.8 Å². The summed E-state index contributed by atoms with van der Waals surface area (Å²) in [5, 5.41) is 15.7. The van der Waals surface area contributed by atoms with E-state index in [1.165, 1.54) is 16.9 Å². The number of benzene rings is 1. The average Bonchev–Trinajstić information content (AvgIpc) is 2.84. The lowest BCUT2D eigenvalue weighted by Gasteiger charge is -2.32. The molecule has 0 spiro atoms. The maximum absolute atomic E-state index is 13.8. The van der Waals surface area contributed by atoms with Crippen LogP contribution in [0.25, 0.3) is 5.69 Å². The van der Waals surface area contributed by atoms with Crippen molar-refractivity contribution in [1.82, 2.24) is 15.1 Å². The Kier molecular flexibility index (Phi) is 3.85. The fourth-order valence-electron chi connectivity index (χ4n) is 2.70. The summed E-state index contributed by atoms with van der Waals surface area (Å²) < 4.78 is 15.2. The van der Waals surface area contributed by atoms with Crippen LogP contribution in [0.2, 0.25) is 0 Å². The van der Waals surface area contributed by atoms with Gasteiger partial charge in [-0.1, -0.05) is 12.1 Å². The first-order valence-electron chi connectivity index (χ1n) is 7.30. The van der Waals surface area contributed by atoms with E-state index in [0.29, 0.717) is 24.1 Å². The van der Waals surface area contributed by atoms with Crippen LogP contribution < -0.4 is 5.32 Å². The SMILES string of the molecule is Cc1c(C(=O)NC2CC(C(=O)O)C2)cnn1-c1ccccc1F. The molecule has 0 saturated heterocycles. The van der Waals surface area contributed by atoms with Crippen molar-refractivity contribution in [3.63, 3.8) is 0 Å². The van der Waals surface area contributed by atoms with Crippen molar-refractivity contribution < 1.29 is 19.1 Å². The first-order chi connectivity index (χ1) is 11.0. The molecule has 23 heavy (non-hydrogen) atoms. The highest BCUT2D eigenvalue weighted by molar-refractivity contribution is 5.95. The number of rotatable bonds is 4. The van der Waals surface area contributed by atoms with Crippen molar-refractivity contribution in [3.8, 4) is 5.69 Å². The molecule has 1 saturated carbocycles. The lowest BCUT2D eigenvalue weighted by Crippen LogP contribution is -2.46. The van der Waals surface area contributed by atoms with Crippen LogP contribution >= 0.6 is 0 Å². The second kappa shape index (κ2) is 5.83. The van der Waals surface area contributed by atoms with Crippen LogP contribution in [0.4, 0.5) is 4.39 Å². The molecular formula is C16H16FN3O3. The molecule has 1 aliphatic carbocycles. The molecule has 1 aromatic heterocycles. The van der Waals surface area contributed by atoms with Crippen LogP contribution in [0.3, 0.4) is 0 Å². The van der Waals surface area contributed by atoms with E-state index in [4.69, 9.17) is 5.11 Å². The van der Waals surface area contributed by atoms with Gasteiger partial charge in [0.2, 0.25) is 0 Å². The van der Waals surface area contributed by atoms with Crippen molar-refractivity contribution in [1.29, 1.82) is 0 Å². The molecule has 0 bridgehead atoms. The third-order valence-electron chi connectivity index (χ3n) is 4.16. The normalized spacial score (nSPS) is 19.9. The summed E-state index contributed by atoms with van der Waals surface area (Å²) >= 11 is 0. The summed E-state index contributed by atoms with van der Waals surface area (Å²) in [6.45, 7) is 1.69. The second-order valence-corrected chi connectivity index (χ2v) is 5.68. The average molecular weight is 317 g/mol. The number of carboxylic acids is 1. The third kappa shape index (κ3) is 2.81. The monoisotopic (exact) mass is 317 g/mol. The van der Waals surface area contributed by atoms with Gasteiger partial charge < -0.3 is 10.4 Å². The Morgan fingerprint density at radius 3 is 2.70 bits per heavy atom. The Balaban J connectivity index is 1.74. The molecule has 6 nitrogen and oxygen atoms in total. The van der Waals surface area contributed by atoms with Crippen LogP contribution in [-0.4, -0.2) is 32.8 Å². The molecule has 1 amide bonds. The molecule has 0 atom stereocenters. The molecule has 1 aliphatic rings. The van der Waals surface area contributed by atoms with E-state index in [2.05, 4.69) is 10.4 Å². The molecule has 1 heterocycles. The number of hydrogen-bond donors (Lipinski definition) is 2. The van der Waals surface area contributed by atoms with Crippen LogP contribution in [0.5, 0.6) is 0 Å². The first-order valence-corrected chi connectivity index (χ1v) is 7.30. The Morgan fingerprint density at radius 1 is 1.35 bits per heavy atom. The largest absolute Gasteiger partial charge is 0.481 e. The number of carbonyl (C=O) groups excluding carboxylic acids is 1. The zero-order valence-corrected chi connectivity index (χ0v) is 12.5. The lowest BCUT2D eigenvalue weighted by molar-refractivity contribution is -0.145. The van der Waals surface area contributed by atoms with E-state index in [-0.39, 0.29) is 23.6 Å². The summed E-state index contributed by atoms with van der Waals surface area (Å²) in [6.07, 6.45) is 2.26. The van der Waals surface area contributed by atoms with Crippen LogP contribution in [-0.2, 0) is 4.79 Å². The van der Waals surface area contributed by atoms with Gasteiger partial charge in [0.15, 0.2) is 0 Å². The van der Waals surface area contributed by atoms with E-state index >= 15 is 0 Å². The third-order valence-corrected chi connectivity index (χ3v) is 4.16. The minimum Gasteiger partial charge on any atom is -0.481 e. The molecule has 1 fully saturated rings. The van der Waals surface area contributed by atoms with Gasteiger partial charge in [0.05, 0.1) is 23.4 Å². The minimum atomic E-state index is -0.834. The number of hydrogen-bond acceptors (Lipinski definition) is 3. The Labute approximate surface area is 131 Å². The molecule has 0 aliphatic heterocycles. The van der Waals surface area contributed by atoms with Gasteiger partial charge in [-0.3, -0.25) is 9.59 Å². The van der Waals surface area contributed by atoms with Crippen LogP contribution in [0.15, 0.2) is 30.5 Å². The topological polar surface area (TPSA) is 84.2 Å². The standard InChI is InChI=1S/C16H16FN3O3/c1-9-12(15(21)19-11-6-10(7-11)16(22)23)8-18-20(9)14-5-3-2-4-13(14)17/h2-5,8,10-11H,6-7H2,1H3,(H,19,21)(H,22,23). The molecule has 0 unspecified atom stereocenters. The molecule has 1 aromatic carbocycles. The number of aromatic nitrogens is 2. The summed E-state index contributed by atoms with van der Waals surface area (Å²) in [4.78, 5) is 23.0. The Bertz CT molecular complexity index is 766. The number of para-hydroxylation sites is 1. The molecule has 2 aromatic rings. The highest BCUT2D eigenvalue weighted by atomic mass is 19.1. The molecular weight excluding hydrogens is 301 g/mol. The van der Waals surface area contributed by atoms with Gasteiger partial charge in [0.1, 0.15) is 11.5 Å². The van der Waals surface area contributed by atoms with Crippen molar-refractivity contribution in [2.24, 2.45) is 5.92 Å². The van der Waals surface area contributed by atoms with E-state index in [9.17, 15) is 14.0 Å². The van der Waals surface area contributed by atoms with E-state index in [1.807, 2.05) is 0 Å². The van der Waals surface area contributed by atoms with Gasteiger partial charge in [-0.05, 0) is 31.9 Å². The predicted octanol–water partition coefficient (Wildman–Crippen LogP) is 1.91. The summed E-state index contributed by atoms with van der Waals surface area (Å²) in [6, 6.07) is 6.05. The van der Waals surface area contributed by atoms with Gasteiger partial charge in [-0.25, -0.2) is 9.07 Å². The molecule has 3 rings (SSSR count). The minimum absolute atomic E-state index is 0.139. The molecule has 0 radical (unpaired) electrons. The summed E-state index contributed by atoms with van der Waals surface area (Å²) in [7, 11) is 0. The Morgan fingerprint density at radius 2 is 2.04 bits per heavy atom.